The van der Waals surface area contributed by atoms with Crippen molar-refractivity contribution >= 4 is 35.0 Å². The molecule has 0 aliphatic carbocycles. The Kier molecular flexibility index (Phi) is 6.52. The molecular formula is C21H21F3N2O2S. The van der Waals surface area contributed by atoms with Gasteiger partial charge in [0.25, 0.3) is 0 Å². The number of unbranched alkanes of at least 4 members (excludes halogenated alkanes) is 1. The Hall–Kier alpha value is -2.48. The van der Waals surface area contributed by atoms with Crippen LogP contribution in [0.4, 0.5) is 24.5 Å². The molecule has 154 valence electrons. The maximum Gasteiger partial charge on any atom is 0.416 e. The van der Waals surface area contributed by atoms with Crippen molar-refractivity contribution in [1.29, 1.82) is 0 Å². The van der Waals surface area contributed by atoms with Gasteiger partial charge in [-0.2, -0.15) is 13.2 Å². The van der Waals surface area contributed by atoms with Gasteiger partial charge >= 0.3 is 6.18 Å². The van der Waals surface area contributed by atoms with Crippen LogP contribution in [-0.4, -0.2) is 17.6 Å². The first-order chi connectivity index (χ1) is 13.8. The summed E-state index contributed by atoms with van der Waals surface area (Å²) in [5.74, 6) is 0.0504. The molecule has 4 nitrogen and oxygen atoms in total. The molecule has 8 heteroatoms. The fourth-order valence-corrected chi connectivity index (χ4v) is 4.23. The molecule has 2 aromatic carbocycles. The van der Waals surface area contributed by atoms with Crippen molar-refractivity contribution < 1.29 is 22.8 Å². The quantitative estimate of drug-likeness (QED) is 0.658. The lowest BCUT2D eigenvalue weighted by Crippen LogP contribution is -2.27. The Bertz CT molecular complexity index is 867. The van der Waals surface area contributed by atoms with Gasteiger partial charge in [-0.15, -0.1) is 11.8 Å². The van der Waals surface area contributed by atoms with Gasteiger partial charge in [0.15, 0.2) is 0 Å². The number of carbonyl (C=O) groups excluding carboxylic acids is 2. The van der Waals surface area contributed by atoms with Gasteiger partial charge in [-0.1, -0.05) is 25.5 Å². The lowest BCUT2D eigenvalue weighted by Gasteiger charge is -2.25. The van der Waals surface area contributed by atoms with Crippen LogP contribution in [0.2, 0.25) is 0 Å². The number of benzene rings is 2. The van der Waals surface area contributed by atoms with Crippen molar-refractivity contribution in [1.82, 2.24) is 0 Å². The molecule has 1 fully saturated rings. The summed E-state index contributed by atoms with van der Waals surface area (Å²) in [6, 6.07) is 11.8. The lowest BCUT2D eigenvalue weighted by atomic mass is 10.1. The summed E-state index contributed by atoms with van der Waals surface area (Å²) in [5, 5.41) is 2.50. The van der Waals surface area contributed by atoms with Crippen LogP contribution in [0.25, 0.3) is 0 Å². The van der Waals surface area contributed by atoms with Gasteiger partial charge in [0, 0.05) is 17.8 Å². The van der Waals surface area contributed by atoms with E-state index in [0.29, 0.717) is 17.8 Å². The third kappa shape index (κ3) is 5.12. The van der Waals surface area contributed by atoms with Gasteiger partial charge in [-0.05, 0) is 48.4 Å². The molecule has 1 atom stereocenters. The van der Waals surface area contributed by atoms with Gasteiger partial charge in [0.1, 0.15) is 5.37 Å². The Morgan fingerprint density at radius 3 is 2.38 bits per heavy atom. The summed E-state index contributed by atoms with van der Waals surface area (Å²) in [4.78, 5) is 25.7. The maximum absolute atomic E-state index is 12.8. The fourth-order valence-electron chi connectivity index (χ4n) is 3.05. The van der Waals surface area contributed by atoms with E-state index < -0.39 is 11.7 Å². The topological polar surface area (TPSA) is 49.4 Å². The first-order valence-electron chi connectivity index (χ1n) is 9.30. The summed E-state index contributed by atoms with van der Waals surface area (Å²) in [6.45, 7) is 2.02. The van der Waals surface area contributed by atoms with E-state index in [1.54, 1.807) is 12.1 Å². The van der Waals surface area contributed by atoms with Crippen LogP contribution in [0.5, 0.6) is 0 Å². The zero-order chi connectivity index (χ0) is 21.0. The number of amides is 2. The second kappa shape index (κ2) is 8.90. The van der Waals surface area contributed by atoms with E-state index in [0.717, 1.165) is 30.5 Å². The number of anilines is 2. The number of thioether (sulfide) groups is 1. The maximum atomic E-state index is 12.8. The highest BCUT2D eigenvalue weighted by Gasteiger charge is 2.35. The Balaban J connectivity index is 1.75. The Morgan fingerprint density at radius 2 is 1.79 bits per heavy atom. The molecule has 1 aliphatic rings. The predicted molar refractivity (Wildman–Crippen MR) is 109 cm³/mol. The molecule has 1 aliphatic heterocycles. The Labute approximate surface area is 171 Å². The van der Waals surface area contributed by atoms with Crippen LogP contribution in [0, 0.1) is 0 Å². The van der Waals surface area contributed by atoms with Crippen molar-refractivity contribution in [3.63, 3.8) is 0 Å². The van der Waals surface area contributed by atoms with E-state index in [1.807, 2.05) is 19.1 Å². The third-order valence-corrected chi connectivity index (χ3v) is 5.79. The minimum absolute atomic E-state index is 0.0450. The molecule has 1 saturated heterocycles. The zero-order valence-corrected chi connectivity index (χ0v) is 16.6. The van der Waals surface area contributed by atoms with E-state index in [1.165, 1.54) is 28.8 Å². The molecule has 2 amide bonds. The molecule has 0 saturated carbocycles. The van der Waals surface area contributed by atoms with E-state index in [-0.39, 0.29) is 22.9 Å². The molecule has 1 heterocycles. The highest BCUT2D eigenvalue weighted by Crippen LogP contribution is 2.42. The first kappa shape index (κ1) is 21.2. The fraction of sp³-hybridized carbons (Fsp3) is 0.333. The van der Waals surface area contributed by atoms with Crippen LogP contribution in [0.1, 0.15) is 42.7 Å². The number of nitrogens with one attached hydrogen (secondary N) is 1. The van der Waals surface area contributed by atoms with E-state index in [2.05, 4.69) is 5.32 Å². The molecular weight excluding hydrogens is 401 g/mol. The van der Waals surface area contributed by atoms with Crippen molar-refractivity contribution in [3.05, 3.63) is 59.7 Å². The van der Waals surface area contributed by atoms with Crippen LogP contribution in [-0.2, 0) is 15.8 Å². The molecule has 2 aromatic rings. The Morgan fingerprint density at radius 1 is 1.14 bits per heavy atom. The van der Waals surface area contributed by atoms with Crippen LogP contribution in [0.15, 0.2) is 48.5 Å². The van der Waals surface area contributed by atoms with Crippen molar-refractivity contribution in [2.45, 2.75) is 37.7 Å². The summed E-state index contributed by atoms with van der Waals surface area (Å²) in [5.41, 5.74) is 1.19. The normalized spacial score (nSPS) is 16.9. The van der Waals surface area contributed by atoms with Crippen LogP contribution < -0.4 is 10.2 Å². The van der Waals surface area contributed by atoms with Gasteiger partial charge in [0.2, 0.25) is 11.8 Å². The minimum atomic E-state index is -4.42. The average molecular weight is 422 g/mol. The minimum Gasteiger partial charge on any atom is -0.326 e. The summed E-state index contributed by atoms with van der Waals surface area (Å²) >= 11 is 1.41. The highest BCUT2D eigenvalue weighted by molar-refractivity contribution is 8.00. The van der Waals surface area contributed by atoms with E-state index in [4.69, 9.17) is 0 Å². The molecule has 0 radical (unpaired) electrons. The van der Waals surface area contributed by atoms with Gasteiger partial charge in [0.05, 0.1) is 11.3 Å². The van der Waals surface area contributed by atoms with Gasteiger partial charge < -0.3 is 5.32 Å². The number of carbonyl (C=O) groups is 2. The first-order valence-corrected chi connectivity index (χ1v) is 10.3. The lowest BCUT2D eigenvalue weighted by molar-refractivity contribution is -0.137. The molecule has 0 aromatic heterocycles. The summed E-state index contributed by atoms with van der Waals surface area (Å²) in [7, 11) is 0. The molecule has 1 N–H and O–H groups in total. The van der Waals surface area contributed by atoms with Gasteiger partial charge in [-0.3, -0.25) is 14.5 Å². The zero-order valence-electron chi connectivity index (χ0n) is 15.8. The third-order valence-electron chi connectivity index (χ3n) is 4.58. The van der Waals surface area contributed by atoms with Crippen molar-refractivity contribution in [2.75, 3.05) is 16.0 Å². The number of hydrogen-bond donors (Lipinski definition) is 1. The summed E-state index contributed by atoms with van der Waals surface area (Å²) < 4.78 is 38.4. The number of rotatable bonds is 6. The molecule has 3 rings (SSSR count). The van der Waals surface area contributed by atoms with E-state index in [9.17, 15) is 22.8 Å². The summed E-state index contributed by atoms with van der Waals surface area (Å²) in [6.07, 6.45) is -2.18. The number of nitrogens with zero attached hydrogens (tertiary/aromatic N) is 1. The monoisotopic (exact) mass is 422 g/mol. The standard InChI is InChI=1S/C21H21F3N2O2S/c1-2-3-4-18(27)25-16-9-5-14(6-10-16)20-26(19(28)13-29-20)17-11-7-15(8-12-17)21(22,23)24/h5-12,20H,2-4,13H2,1H3,(H,25,27)/t20-/m1/s1. The van der Waals surface area contributed by atoms with Crippen LogP contribution in [0.3, 0.4) is 0 Å². The largest absolute Gasteiger partial charge is 0.416 e. The molecule has 0 spiro atoms. The molecule has 0 bridgehead atoms. The van der Waals surface area contributed by atoms with Crippen LogP contribution >= 0.6 is 11.8 Å². The smallest absolute Gasteiger partial charge is 0.326 e. The number of halogens is 3. The molecule has 29 heavy (non-hydrogen) atoms. The second-order valence-corrected chi connectivity index (χ2v) is 7.81. The van der Waals surface area contributed by atoms with Crippen molar-refractivity contribution in [3.8, 4) is 0 Å². The number of hydrogen-bond acceptors (Lipinski definition) is 3. The highest BCUT2D eigenvalue weighted by atomic mass is 32.2. The van der Waals surface area contributed by atoms with Gasteiger partial charge in [-0.25, -0.2) is 0 Å². The predicted octanol–water partition coefficient (Wildman–Crippen LogP) is 5.61. The molecule has 0 unspecified atom stereocenters. The second-order valence-electron chi connectivity index (χ2n) is 6.75. The number of alkyl halides is 3. The van der Waals surface area contributed by atoms with E-state index >= 15 is 0 Å². The van der Waals surface area contributed by atoms with Crippen molar-refractivity contribution in [2.24, 2.45) is 0 Å². The average Bonchev–Trinajstić information content (AvgIpc) is 3.08. The SMILES string of the molecule is CCCCC(=O)Nc1ccc([C@H]2SCC(=O)N2c2ccc(C(F)(F)F)cc2)cc1.